The third kappa shape index (κ3) is 6.49. The van der Waals surface area contributed by atoms with Crippen LogP contribution in [-0.4, -0.2) is 40.8 Å². The molecule has 1 N–H and O–H groups in total. The van der Waals surface area contributed by atoms with Crippen molar-refractivity contribution >= 4 is 23.5 Å². The van der Waals surface area contributed by atoms with Crippen molar-refractivity contribution in [3.05, 3.63) is 48.1 Å². The molecule has 1 fully saturated rings. The topological polar surface area (TPSA) is 76.6 Å². The normalized spacial score (nSPS) is 15.1. The molecule has 3 rings (SSSR count). The molecule has 0 aliphatic carbocycles. The molecule has 1 amide bonds. The average molecular weight is 418 g/mol. The monoisotopic (exact) mass is 417 g/mol. The summed E-state index contributed by atoms with van der Waals surface area (Å²) >= 11 is 5.93. The second-order valence-corrected chi connectivity index (χ2v) is 8.39. The van der Waals surface area contributed by atoms with Gasteiger partial charge in [-0.3, -0.25) is 0 Å². The Kier molecular flexibility index (Phi) is 6.47. The van der Waals surface area contributed by atoms with Crippen molar-refractivity contribution in [1.29, 1.82) is 0 Å². The van der Waals surface area contributed by atoms with Crippen LogP contribution in [0, 0.1) is 6.92 Å². The van der Waals surface area contributed by atoms with Crippen molar-refractivity contribution in [3.8, 4) is 11.6 Å². The molecular formula is C21H26ClN4O3. The van der Waals surface area contributed by atoms with Crippen LogP contribution in [0.2, 0.25) is 5.15 Å². The van der Waals surface area contributed by atoms with Crippen LogP contribution in [-0.2, 0) is 4.74 Å². The van der Waals surface area contributed by atoms with Gasteiger partial charge in [0.05, 0.1) is 6.20 Å². The number of hydrogen-bond acceptors (Lipinski definition) is 6. The van der Waals surface area contributed by atoms with Crippen LogP contribution in [0.1, 0.15) is 39.2 Å². The van der Waals surface area contributed by atoms with Gasteiger partial charge in [-0.15, -0.1) is 0 Å². The number of pyridine rings is 2. The first-order valence-corrected chi connectivity index (χ1v) is 9.94. The van der Waals surface area contributed by atoms with Crippen LogP contribution < -0.4 is 15.0 Å². The summed E-state index contributed by atoms with van der Waals surface area (Å²) in [6, 6.07) is 7.24. The Morgan fingerprint density at radius 3 is 2.59 bits per heavy atom. The largest absolute Gasteiger partial charge is 0.444 e. The van der Waals surface area contributed by atoms with Crippen molar-refractivity contribution in [2.75, 3.05) is 18.0 Å². The second kappa shape index (κ2) is 8.86. The molecule has 0 atom stereocenters. The number of nitrogens with zero attached hydrogens (tertiary/aromatic N) is 3. The smallest absolute Gasteiger partial charge is 0.407 e. The van der Waals surface area contributed by atoms with Gasteiger partial charge >= 0.3 is 6.09 Å². The third-order valence-corrected chi connectivity index (χ3v) is 4.51. The van der Waals surface area contributed by atoms with Crippen LogP contribution in [0.25, 0.3) is 0 Å². The maximum atomic E-state index is 11.9. The zero-order valence-electron chi connectivity index (χ0n) is 16.9. The molecular weight excluding hydrogens is 392 g/mol. The Bertz CT molecular complexity index is 824. The second-order valence-electron chi connectivity index (χ2n) is 8.00. The zero-order chi connectivity index (χ0) is 21.0. The summed E-state index contributed by atoms with van der Waals surface area (Å²) in [4.78, 5) is 22.7. The number of ether oxygens (including phenoxy) is 2. The van der Waals surface area contributed by atoms with Crippen molar-refractivity contribution in [2.45, 2.75) is 45.3 Å². The number of nitrogens with one attached hydrogen (secondary N) is 1. The predicted octanol–water partition coefficient (Wildman–Crippen LogP) is 4.60. The van der Waals surface area contributed by atoms with Crippen LogP contribution in [0.4, 0.5) is 10.6 Å². The molecule has 1 radical (unpaired) electrons. The maximum Gasteiger partial charge on any atom is 0.407 e. The van der Waals surface area contributed by atoms with Gasteiger partial charge in [-0.25, -0.2) is 14.8 Å². The highest BCUT2D eigenvalue weighted by Gasteiger charge is 2.24. The number of halogens is 1. The van der Waals surface area contributed by atoms with Gasteiger partial charge in [0.15, 0.2) is 0 Å². The number of carbonyl (C=O) groups is 1. The van der Waals surface area contributed by atoms with Crippen LogP contribution in [0.3, 0.4) is 0 Å². The predicted molar refractivity (Wildman–Crippen MR) is 113 cm³/mol. The highest BCUT2D eigenvalue weighted by Crippen LogP contribution is 2.25. The molecule has 3 heterocycles. The summed E-state index contributed by atoms with van der Waals surface area (Å²) in [5.41, 5.74) is 0.237. The highest BCUT2D eigenvalue weighted by molar-refractivity contribution is 6.29. The van der Waals surface area contributed by atoms with Crippen molar-refractivity contribution < 1.29 is 14.3 Å². The summed E-state index contributed by atoms with van der Waals surface area (Å²) in [6.07, 6.45) is 2.96. The van der Waals surface area contributed by atoms with E-state index in [1.165, 1.54) is 0 Å². The number of anilines is 1. The van der Waals surface area contributed by atoms with E-state index in [4.69, 9.17) is 21.1 Å². The molecule has 29 heavy (non-hydrogen) atoms. The molecule has 1 aliphatic heterocycles. The van der Waals surface area contributed by atoms with E-state index >= 15 is 0 Å². The summed E-state index contributed by atoms with van der Waals surface area (Å²) in [7, 11) is 0. The van der Waals surface area contributed by atoms with E-state index in [9.17, 15) is 4.79 Å². The minimum absolute atomic E-state index is 0.106. The van der Waals surface area contributed by atoms with Gasteiger partial charge in [0.25, 0.3) is 0 Å². The van der Waals surface area contributed by atoms with Crippen molar-refractivity contribution in [2.24, 2.45) is 0 Å². The van der Waals surface area contributed by atoms with Crippen LogP contribution in [0.15, 0.2) is 30.5 Å². The van der Waals surface area contributed by atoms with Gasteiger partial charge in [0.2, 0.25) is 5.88 Å². The molecule has 2 aromatic rings. The number of amides is 1. The van der Waals surface area contributed by atoms with E-state index in [1.807, 2.05) is 32.9 Å². The fourth-order valence-corrected chi connectivity index (χ4v) is 3.27. The minimum Gasteiger partial charge on any atom is -0.444 e. The molecule has 0 spiro atoms. The first kappa shape index (κ1) is 21.2. The standard InChI is InChI=1S/C21H26ClN4O3/c1-14-11-17(22)25-19(12-14)28-16-5-6-18(23-13-16)26-9-7-15(8-10-26)24-20(27)29-21(2,3)4/h5-6,11-13,15H,1,7-10H2,2-4H3,(H,24,27). The van der Waals surface area contributed by atoms with Crippen molar-refractivity contribution in [3.63, 3.8) is 0 Å². The molecule has 1 aliphatic rings. The number of aromatic nitrogens is 2. The summed E-state index contributed by atoms with van der Waals surface area (Å²) < 4.78 is 11.0. The summed E-state index contributed by atoms with van der Waals surface area (Å²) in [5, 5.41) is 3.28. The number of piperidine rings is 1. The quantitative estimate of drug-likeness (QED) is 0.732. The van der Waals surface area contributed by atoms with Crippen LogP contribution >= 0.6 is 11.6 Å². The number of alkyl carbamates (subject to hydrolysis) is 1. The third-order valence-electron chi connectivity index (χ3n) is 4.31. The van der Waals surface area contributed by atoms with Gasteiger partial charge in [-0.05, 0) is 64.3 Å². The Balaban J connectivity index is 1.52. The SMILES string of the molecule is [CH2]c1cc(Cl)nc(Oc2ccc(N3CCC(NC(=O)OC(C)(C)C)CC3)nc2)c1. The van der Waals surface area contributed by atoms with Gasteiger partial charge in [-0.1, -0.05) is 11.6 Å². The number of hydrogen-bond donors (Lipinski definition) is 1. The fraction of sp³-hybridized carbons (Fsp3) is 0.429. The molecule has 0 saturated carbocycles. The Hall–Kier alpha value is -2.54. The minimum atomic E-state index is -0.492. The fourth-order valence-electron chi connectivity index (χ4n) is 3.04. The lowest BCUT2D eigenvalue weighted by atomic mass is 10.1. The maximum absolute atomic E-state index is 11.9. The summed E-state index contributed by atoms with van der Waals surface area (Å²) in [5.74, 6) is 1.82. The molecule has 0 bridgehead atoms. The average Bonchev–Trinajstić information content (AvgIpc) is 2.60. The van der Waals surface area contributed by atoms with E-state index in [0.717, 1.165) is 37.3 Å². The van der Waals surface area contributed by atoms with E-state index in [1.54, 1.807) is 18.3 Å². The Morgan fingerprint density at radius 1 is 1.28 bits per heavy atom. The lowest BCUT2D eigenvalue weighted by molar-refractivity contribution is 0.0497. The van der Waals surface area contributed by atoms with Gasteiger partial charge in [0.1, 0.15) is 22.3 Å². The molecule has 0 unspecified atom stereocenters. The van der Waals surface area contributed by atoms with E-state index in [-0.39, 0.29) is 12.1 Å². The Labute approximate surface area is 176 Å². The molecule has 7 nitrogen and oxygen atoms in total. The number of carbonyl (C=O) groups excluding carboxylic acids is 1. The molecule has 155 valence electrons. The molecule has 1 saturated heterocycles. The van der Waals surface area contributed by atoms with Crippen molar-refractivity contribution in [1.82, 2.24) is 15.3 Å². The zero-order valence-corrected chi connectivity index (χ0v) is 17.7. The van der Waals surface area contributed by atoms with E-state index in [2.05, 4.69) is 27.1 Å². The number of rotatable bonds is 4. The Morgan fingerprint density at radius 2 is 2.00 bits per heavy atom. The van der Waals surface area contributed by atoms with Crippen LogP contribution in [0.5, 0.6) is 11.6 Å². The lowest BCUT2D eigenvalue weighted by Crippen LogP contribution is -2.46. The summed E-state index contributed by atoms with van der Waals surface area (Å²) in [6.45, 7) is 11.0. The van der Waals surface area contributed by atoms with Gasteiger partial charge in [0, 0.05) is 25.2 Å². The van der Waals surface area contributed by atoms with Gasteiger partial charge in [-0.2, -0.15) is 0 Å². The first-order valence-electron chi connectivity index (χ1n) is 9.56. The van der Waals surface area contributed by atoms with Gasteiger partial charge < -0.3 is 19.7 Å². The molecule has 0 aromatic carbocycles. The highest BCUT2D eigenvalue weighted by atomic mass is 35.5. The van der Waals surface area contributed by atoms with E-state index in [0.29, 0.717) is 16.8 Å². The van der Waals surface area contributed by atoms with E-state index < -0.39 is 5.60 Å². The molecule has 2 aromatic heterocycles. The lowest BCUT2D eigenvalue weighted by Gasteiger charge is -2.33. The first-order chi connectivity index (χ1) is 13.7. The molecule has 8 heteroatoms.